The number of rotatable bonds is 3. The molecule has 0 saturated heterocycles. The fourth-order valence-electron chi connectivity index (χ4n) is 0.977. The minimum absolute atomic E-state index is 0.0380. The lowest BCUT2D eigenvalue weighted by Gasteiger charge is -2.10. The molecule has 5 nitrogen and oxygen atoms in total. The molecule has 5 heteroatoms. The maximum Gasteiger partial charge on any atom is 0.200 e. The first-order valence-electron chi connectivity index (χ1n) is 3.64. The van der Waals surface area contributed by atoms with Crippen LogP contribution in [-0.2, 0) is 0 Å². The molecule has 0 aliphatic heterocycles. The van der Waals surface area contributed by atoms with Gasteiger partial charge in [0.25, 0.3) is 0 Å². The number of nitrogens with two attached hydrogens (primary N) is 1. The van der Waals surface area contributed by atoms with Gasteiger partial charge in [0.2, 0.25) is 5.75 Å². The third-order valence-corrected chi connectivity index (χ3v) is 1.65. The number of aromatic hydroxyl groups is 1. The highest BCUT2D eigenvalue weighted by molar-refractivity contribution is 5.61. The Hall–Kier alpha value is -1.62. The molecule has 0 saturated carbocycles. The van der Waals surface area contributed by atoms with E-state index in [1.165, 1.54) is 14.2 Å². The van der Waals surface area contributed by atoms with E-state index in [1.807, 2.05) is 0 Å². The number of anilines is 1. The molecule has 1 aromatic carbocycles. The van der Waals surface area contributed by atoms with Crippen molar-refractivity contribution < 1.29 is 14.6 Å². The van der Waals surface area contributed by atoms with Gasteiger partial charge in [0.1, 0.15) is 0 Å². The van der Waals surface area contributed by atoms with Gasteiger partial charge in [0.05, 0.1) is 19.9 Å². The SMILES string of the molecule is COc1cc(NN)cc(OC)c1O. The Morgan fingerprint density at radius 2 is 1.69 bits per heavy atom. The maximum atomic E-state index is 9.49. The number of ether oxygens (including phenoxy) is 2. The molecule has 0 spiro atoms. The molecular weight excluding hydrogens is 172 g/mol. The number of nitrogens with one attached hydrogen (secondary N) is 1. The van der Waals surface area contributed by atoms with Crippen LogP contribution in [0, 0.1) is 0 Å². The van der Waals surface area contributed by atoms with Gasteiger partial charge in [-0.1, -0.05) is 0 Å². The number of phenols is 1. The third kappa shape index (κ3) is 1.75. The molecular formula is C8H12N2O3. The third-order valence-electron chi connectivity index (χ3n) is 1.65. The van der Waals surface area contributed by atoms with Crippen LogP contribution in [-0.4, -0.2) is 19.3 Å². The minimum atomic E-state index is -0.0380. The summed E-state index contributed by atoms with van der Waals surface area (Å²) in [6, 6.07) is 3.13. The Bertz CT molecular complexity index is 276. The number of hydrogen-bond acceptors (Lipinski definition) is 5. The highest BCUT2D eigenvalue weighted by atomic mass is 16.5. The Morgan fingerprint density at radius 1 is 1.23 bits per heavy atom. The molecule has 72 valence electrons. The molecule has 0 amide bonds. The second-order valence-electron chi connectivity index (χ2n) is 2.37. The van der Waals surface area contributed by atoms with E-state index in [4.69, 9.17) is 15.3 Å². The van der Waals surface area contributed by atoms with Gasteiger partial charge in [-0.05, 0) is 0 Å². The molecule has 0 unspecified atom stereocenters. The summed E-state index contributed by atoms with van der Waals surface area (Å²) in [5.74, 6) is 5.79. The van der Waals surface area contributed by atoms with E-state index >= 15 is 0 Å². The van der Waals surface area contributed by atoms with Crippen LogP contribution >= 0.6 is 0 Å². The van der Waals surface area contributed by atoms with Crippen LogP contribution < -0.4 is 20.7 Å². The molecule has 1 rings (SSSR count). The molecule has 0 bridgehead atoms. The topological polar surface area (TPSA) is 76.7 Å². The Morgan fingerprint density at radius 3 is 2.00 bits per heavy atom. The van der Waals surface area contributed by atoms with Gasteiger partial charge in [-0.15, -0.1) is 0 Å². The van der Waals surface area contributed by atoms with Crippen LogP contribution in [0.5, 0.6) is 17.2 Å². The number of phenolic OH excluding ortho intramolecular Hbond substituents is 1. The van der Waals surface area contributed by atoms with Gasteiger partial charge in [0.15, 0.2) is 11.5 Å². The van der Waals surface area contributed by atoms with Crippen molar-refractivity contribution in [3.05, 3.63) is 12.1 Å². The van der Waals surface area contributed by atoms with Crippen molar-refractivity contribution in [2.24, 2.45) is 5.84 Å². The number of benzene rings is 1. The molecule has 0 fully saturated rings. The van der Waals surface area contributed by atoms with Crippen molar-refractivity contribution in [1.29, 1.82) is 0 Å². The zero-order valence-corrected chi connectivity index (χ0v) is 7.50. The van der Waals surface area contributed by atoms with Crippen molar-refractivity contribution in [3.63, 3.8) is 0 Å². The first-order chi connectivity index (χ1) is 6.22. The van der Waals surface area contributed by atoms with E-state index in [0.717, 1.165) is 0 Å². The summed E-state index contributed by atoms with van der Waals surface area (Å²) in [5.41, 5.74) is 3.04. The lowest BCUT2D eigenvalue weighted by molar-refractivity contribution is 0.340. The molecule has 0 aliphatic rings. The van der Waals surface area contributed by atoms with Crippen LogP contribution in [0.2, 0.25) is 0 Å². The van der Waals surface area contributed by atoms with Gasteiger partial charge >= 0.3 is 0 Å². The molecule has 4 N–H and O–H groups in total. The van der Waals surface area contributed by atoms with Crippen molar-refractivity contribution in [1.82, 2.24) is 0 Å². The van der Waals surface area contributed by atoms with Crippen LogP contribution in [0.1, 0.15) is 0 Å². The second-order valence-corrected chi connectivity index (χ2v) is 2.37. The summed E-state index contributed by atoms with van der Waals surface area (Å²) in [6.07, 6.45) is 0. The molecule has 0 atom stereocenters. The number of hydrazine groups is 1. The summed E-state index contributed by atoms with van der Waals surface area (Å²) in [6.45, 7) is 0. The zero-order chi connectivity index (χ0) is 9.84. The normalized spacial score (nSPS) is 9.46. The van der Waals surface area contributed by atoms with E-state index in [9.17, 15) is 5.11 Å². The smallest absolute Gasteiger partial charge is 0.200 e. The molecule has 0 heterocycles. The first-order valence-corrected chi connectivity index (χ1v) is 3.64. The van der Waals surface area contributed by atoms with E-state index in [-0.39, 0.29) is 5.75 Å². The molecule has 0 aliphatic carbocycles. The summed E-state index contributed by atoms with van der Waals surface area (Å²) in [4.78, 5) is 0. The standard InChI is InChI=1S/C8H12N2O3/c1-12-6-3-5(10-9)4-7(13-2)8(6)11/h3-4,10-11H,9H2,1-2H3. The lowest BCUT2D eigenvalue weighted by Crippen LogP contribution is -2.07. The van der Waals surface area contributed by atoms with Gasteiger partial charge in [0, 0.05) is 12.1 Å². The van der Waals surface area contributed by atoms with Crippen LogP contribution in [0.3, 0.4) is 0 Å². The zero-order valence-electron chi connectivity index (χ0n) is 7.50. The largest absolute Gasteiger partial charge is 0.502 e. The molecule has 0 aromatic heterocycles. The first kappa shape index (κ1) is 9.47. The van der Waals surface area contributed by atoms with Gasteiger partial charge < -0.3 is 20.0 Å². The maximum absolute atomic E-state index is 9.49. The van der Waals surface area contributed by atoms with E-state index in [0.29, 0.717) is 17.2 Å². The quantitative estimate of drug-likeness (QED) is 0.366. The summed E-state index contributed by atoms with van der Waals surface area (Å²) >= 11 is 0. The molecule has 0 radical (unpaired) electrons. The average molecular weight is 184 g/mol. The van der Waals surface area contributed by atoms with Crippen molar-refractivity contribution in [2.45, 2.75) is 0 Å². The van der Waals surface area contributed by atoms with E-state index < -0.39 is 0 Å². The average Bonchev–Trinajstić information content (AvgIpc) is 2.18. The second kappa shape index (κ2) is 3.86. The van der Waals surface area contributed by atoms with Gasteiger partial charge in [-0.2, -0.15) is 0 Å². The predicted octanol–water partition coefficient (Wildman–Crippen LogP) is 0.695. The molecule has 1 aromatic rings. The Labute approximate surface area is 76.0 Å². The summed E-state index contributed by atoms with van der Waals surface area (Å²) in [7, 11) is 2.91. The van der Waals surface area contributed by atoms with Gasteiger partial charge in [-0.25, -0.2) is 0 Å². The van der Waals surface area contributed by atoms with E-state index in [2.05, 4.69) is 5.43 Å². The van der Waals surface area contributed by atoms with Crippen molar-refractivity contribution >= 4 is 5.69 Å². The van der Waals surface area contributed by atoms with Crippen LogP contribution in [0.4, 0.5) is 5.69 Å². The fourth-order valence-corrected chi connectivity index (χ4v) is 0.977. The molecule has 13 heavy (non-hydrogen) atoms. The van der Waals surface area contributed by atoms with E-state index in [1.54, 1.807) is 12.1 Å². The van der Waals surface area contributed by atoms with Crippen molar-refractivity contribution in [2.75, 3.05) is 19.6 Å². The Kier molecular flexibility index (Phi) is 2.81. The monoisotopic (exact) mass is 184 g/mol. The number of methoxy groups -OCH3 is 2. The number of nitrogen functional groups attached to an aromatic ring is 1. The van der Waals surface area contributed by atoms with Crippen molar-refractivity contribution in [3.8, 4) is 17.2 Å². The minimum Gasteiger partial charge on any atom is -0.502 e. The summed E-state index contributed by atoms with van der Waals surface area (Å²) < 4.78 is 9.81. The van der Waals surface area contributed by atoms with Crippen LogP contribution in [0.25, 0.3) is 0 Å². The highest BCUT2D eigenvalue weighted by Crippen LogP contribution is 2.38. The lowest BCUT2D eigenvalue weighted by atomic mass is 10.2. The van der Waals surface area contributed by atoms with Gasteiger partial charge in [-0.3, -0.25) is 5.84 Å². The predicted molar refractivity (Wildman–Crippen MR) is 49.0 cm³/mol. The number of hydrogen-bond donors (Lipinski definition) is 3. The van der Waals surface area contributed by atoms with Crippen LogP contribution in [0.15, 0.2) is 12.1 Å². The fraction of sp³-hybridized carbons (Fsp3) is 0.250. The Balaban J connectivity index is 3.20. The summed E-state index contributed by atoms with van der Waals surface area (Å²) in [5, 5.41) is 9.49. The highest BCUT2D eigenvalue weighted by Gasteiger charge is 2.09.